The fraction of sp³-hybridized carbons (Fsp3) is 0.516. The van der Waals surface area contributed by atoms with Crippen molar-refractivity contribution in [3.05, 3.63) is 77.0 Å². The molecule has 0 heterocycles. The van der Waals surface area contributed by atoms with Gasteiger partial charge in [-0.2, -0.15) is 0 Å². The van der Waals surface area contributed by atoms with E-state index in [0.29, 0.717) is 5.02 Å². The van der Waals surface area contributed by atoms with Crippen molar-refractivity contribution in [3.63, 3.8) is 0 Å². The Labute approximate surface area is 210 Å². The molecule has 1 saturated carbocycles. The van der Waals surface area contributed by atoms with Gasteiger partial charge in [-0.25, -0.2) is 0 Å². The van der Waals surface area contributed by atoms with Gasteiger partial charge in [0.2, 0.25) is 0 Å². The lowest BCUT2D eigenvalue weighted by Crippen LogP contribution is -2.15. The van der Waals surface area contributed by atoms with Crippen LogP contribution in [0.15, 0.2) is 71.4 Å². The number of rotatable bonds is 9. The monoisotopic (exact) mass is 469 g/mol. The summed E-state index contributed by atoms with van der Waals surface area (Å²) in [7, 11) is 0. The molecule has 1 aliphatic carbocycles. The fourth-order valence-corrected chi connectivity index (χ4v) is 4.96. The third kappa shape index (κ3) is 10.3. The molecular weight excluding hydrogens is 422 g/mol. The van der Waals surface area contributed by atoms with E-state index in [0.717, 1.165) is 33.4 Å². The van der Waals surface area contributed by atoms with Crippen molar-refractivity contribution in [1.82, 2.24) is 0 Å². The van der Waals surface area contributed by atoms with Crippen LogP contribution in [0.5, 0.6) is 0 Å². The van der Waals surface area contributed by atoms with Crippen molar-refractivity contribution in [3.8, 4) is 0 Å². The summed E-state index contributed by atoms with van der Waals surface area (Å²) in [5, 5.41) is 0.694. The van der Waals surface area contributed by atoms with Gasteiger partial charge in [-0.15, -0.1) is 0 Å². The first-order valence-electron chi connectivity index (χ1n) is 12.8. The summed E-state index contributed by atoms with van der Waals surface area (Å²) in [4.78, 5) is 4.50. The average Bonchev–Trinajstić information content (AvgIpc) is 3.25. The van der Waals surface area contributed by atoms with Gasteiger partial charge in [-0.1, -0.05) is 108 Å². The zero-order chi connectivity index (χ0) is 25.3. The highest BCUT2D eigenvalue weighted by molar-refractivity contribution is 6.30. The predicted molar refractivity (Wildman–Crippen MR) is 153 cm³/mol. The summed E-state index contributed by atoms with van der Waals surface area (Å²) in [6.45, 7) is 22.4. The number of hydrogen-bond acceptors (Lipinski definition) is 1. The predicted octanol–water partition coefficient (Wildman–Crippen LogP) is 11.0. The van der Waals surface area contributed by atoms with Crippen LogP contribution in [0.1, 0.15) is 105 Å². The number of aliphatic imine (C=N–C) groups is 1. The maximum atomic E-state index is 6.08. The van der Waals surface area contributed by atoms with Gasteiger partial charge in [0.1, 0.15) is 0 Å². The van der Waals surface area contributed by atoms with Crippen molar-refractivity contribution in [2.75, 3.05) is 0 Å². The molecule has 1 aliphatic rings. The Balaban J connectivity index is 0.000000663. The van der Waals surface area contributed by atoms with E-state index in [9.17, 15) is 0 Å². The van der Waals surface area contributed by atoms with Gasteiger partial charge in [-0.3, -0.25) is 4.99 Å². The van der Waals surface area contributed by atoms with Crippen LogP contribution in [0.25, 0.3) is 5.57 Å². The molecule has 0 bridgehead atoms. The summed E-state index contributed by atoms with van der Waals surface area (Å²) in [5.74, 6) is 0. The fourth-order valence-electron chi connectivity index (χ4n) is 4.77. The number of hydrogen-bond donors (Lipinski definition) is 0. The van der Waals surface area contributed by atoms with Gasteiger partial charge in [0, 0.05) is 16.8 Å². The molecule has 1 aromatic rings. The molecular formula is C31H48ClN. The first kappa shape index (κ1) is 31.1. The second-order valence-electron chi connectivity index (χ2n) is 8.69. The summed E-state index contributed by atoms with van der Waals surface area (Å²) in [6.07, 6.45) is 17.2. The van der Waals surface area contributed by atoms with Gasteiger partial charge in [-0.05, 0) is 75.1 Å². The van der Waals surface area contributed by atoms with Crippen LogP contribution in [0.4, 0.5) is 0 Å². The van der Waals surface area contributed by atoms with E-state index in [4.69, 9.17) is 11.6 Å². The summed E-state index contributed by atoms with van der Waals surface area (Å²) < 4.78 is 0. The molecule has 0 spiro atoms. The van der Waals surface area contributed by atoms with Crippen molar-refractivity contribution in [1.29, 1.82) is 0 Å². The Kier molecular flexibility index (Phi) is 16.6. The quantitative estimate of drug-likeness (QED) is 0.252. The molecule has 0 saturated heterocycles. The van der Waals surface area contributed by atoms with E-state index in [1.54, 1.807) is 12.3 Å². The molecule has 1 aromatic carbocycles. The standard InChI is InChI=1S/C18H20ClN.C11H22.C2H6/c1-6-16(13(4)5)18(20-8-3)17(7-2)14-10-9-11-15(19)12-14;1-3-7-11(8-4-2)9-5-6-10-11;1-2/h6-12H,1-2H2,3-5H3;3-10H2,1-2H3;1-2H3/b18-17-,20-8?;;. The molecule has 2 heteroatoms. The lowest BCUT2D eigenvalue weighted by atomic mass is 9.78. The van der Waals surface area contributed by atoms with Crippen LogP contribution in [-0.2, 0) is 0 Å². The second kappa shape index (κ2) is 17.6. The van der Waals surface area contributed by atoms with Crippen molar-refractivity contribution >= 4 is 23.4 Å². The number of nitrogens with zero attached hydrogens (tertiary/aromatic N) is 1. The molecule has 0 aliphatic heterocycles. The van der Waals surface area contributed by atoms with Crippen LogP contribution in [-0.4, -0.2) is 6.21 Å². The summed E-state index contributed by atoms with van der Waals surface area (Å²) >= 11 is 6.08. The molecule has 1 fully saturated rings. The molecule has 0 N–H and O–H groups in total. The van der Waals surface area contributed by atoms with E-state index in [-0.39, 0.29) is 0 Å². The van der Waals surface area contributed by atoms with Crippen LogP contribution < -0.4 is 0 Å². The lowest BCUT2D eigenvalue weighted by molar-refractivity contribution is 0.243. The third-order valence-electron chi connectivity index (χ3n) is 6.08. The highest BCUT2D eigenvalue weighted by atomic mass is 35.5. The molecule has 0 radical (unpaired) electrons. The van der Waals surface area contributed by atoms with Gasteiger partial charge < -0.3 is 0 Å². The third-order valence-corrected chi connectivity index (χ3v) is 6.31. The average molecular weight is 470 g/mol. The smallest absolute Gasteiger partial charge is 0.0775 e. The maximum absolute atomic E-state index is 6.08. The van der Waals surface area contributed by atoms with Crippen LogP contribution in [0, 0.1) is 5.41 Å². The van der Waals surface area contributed by atoms with Crippen LogP contribution in [0.3, 0.4) is 0 Å². The largest absolute Gasteiger partial charge is 0.260 e. The zero-order valence-corrected chi connectivity index (χ0v) is 23.2. The lowest BCUT2D eigenvalue weighted by Gasteiger charge is -2.27. The van der Waals surface area contributed by atoms with Gasteiger partial charge in [0.25, 0.3) is 0 Å². The molecule has 0 amide bonds. The minimum absolute atomic E-state index is 0.694. The molecule has 2 rings (SSSR count). The highest BCUT2D eigenvalue weighted by Crippen LogP contribution is 2.45. The first-order chi connectivity index (χ1) is 15.9. The number of benzene rings is 1. The van der Waals surface area contributed by atoms with E-state index < -0.39 is 0 Å². The van der Waals surface area contributed by atoms with Gasteiger partial charge in [0.15, 0.2) is 0 Å². The van der Waals surface area contributed by atoms with E-state index in [2.05, 4.69) is 32.0 Å². The summed E-state index contributed by atoms with van der Waals surface area (Å²) in [5.41, 5.74) is 5.76. The van der Waals surface area contributed by atoms with Crippen LogP contribution >= 0.6 is 11.6 Å². The molecule has 0 unspecified atom stereocenters. The van der Waals surface area contributed by atoms with Crippen molar-refractivity contribution in [2.24, 2.45) is 10.4 Å². The Morgan fingerprint density at radius 3 is 2.00 bits per heavy atom. The zero-order valence-electron chi connectivity index (χ0n) is 22.4. The number of halogens is 1. The van der Waals surface area contributed by atoms with Gasteiger partial charge >= 0.3 is 0 Å². The highest BCUT2D eigenvalue weighted by Gasteiger charge is 2.31. The summed E-state index contributed by atoms with van der Waals surface area (Å²) in [6, 6.07) is 7.68. The van der Waals surface area contributed by atoms with Crippen molar-refractivity contribution in [2.45, 2.75) is 99.8 Å². The number of allylic oxidation sites excluding steroid dienone is 4. The Hall–Kier alpha value is -1.86. The minimum atomic E-state index is 0.694. The second-order valence-corrected chi connectivity index (χ2v) is 9.13. The first-order valence-corrected chi connectivity index (χ1v) is 13.2. The SMILES string of the molecule is C=CC(=C(C)C)/C(N=CC)=C(\C=C)c1cccc(Cl)c1.CC.CCCC1(CCC)CCCC1. The van der Waals surface area contributed by atoms with E-state index in [1.807, 2.05) is 65.0 Å². The van der Waals surface area contributed by atoms with Crippen molar-refractivity contribution < 1.29 is 0 Å². The molecule has 0 atom stereocenters. The Bertz CT molecular complexity index is 792. The molecule has 33 heavy (non-hydrogen) atoms. The molecule has 0 aromatic heterocycles. The Morgan fingerprint density at radius 2 is 1.61 bits per heavy atom. The van der Waals surface area contributed by atoms with Crippen LogP contribution in [0.2, 0.25) is 5.02 Å². The van der Waals surface area contributed by atoms with E-state index in [1.165, 1.54) is 51.4 Å². The Morgan fingerprint density at radius 1 is 1.03 bits per heavy atom. The maximum Gasteiger partial charge on any atom is 0.0775 e. The molecule has 184 valence electrons. The normalized spacial score (nSPS) is 14.9. The topological polar surface area (TPSA) is 12.4 Å². The van der Waals surface area contributed by atoms with Gasteiger partial charge in [0.05, 0.1) is 5.70 Å². The minimum Gasteiger partial charge on any atom is -0.260 e. The molecule has 1 nitrogen and oxygen atoms in total. The van der Waals surface area contributed by atoms with E-state index >= 15 is 0 Å².